The molecule has 84 valence electrons. The summed E-state index contributed by atoms with van der Waals surface area (Å²) < 4.78 is 1.10. The molecule has 1 aromatic carbocycles. The maximum Gasteiger partial charge on any atom is 0.0591 e. The molecule has 0 radical (unpaired) electrons. The van der Waals surface area contributed by atoms with Crippen LogP contribution in [0.25, 0.3) is 0 Å². The number of benzene rings is 1. The fourth-order valence-corrected chi connectivity index (χ4v) is 1.73. The summed E-state index contributed by atoms with van der Waals surface area (Å²) in [4.78, 5) is 0. The summed E-state index contributed by atoms with van der Waals surface area (Å²) in [6.45, 7) is 6.16. The van der Waals surface area contributed by atoms with Crippen LogP contribution in [-0.4, -0.2) is 17.8 Å². The van der Waals surface area contributed by atoms with Gasteiger partial charge in [-0.3, -0.25) is 0 Å². The summed E-state index contributed by atoms with van der Waals surface area (Å²) in [7, 11) is 0. The third kappa shape index (κ3) is 2.60. The van der Waals surface area contributed by atoms with Crippen molar-refractivity contribution in [1.29, 1.82) is 0 Å². The van der Waals surface area contributed by atoms with Crippen LogP contribution in [-0.2, 0) is 5.41 Å². The molecule has 0 aliphatic carbocycles. The van der Waals surface area contributed by atoms with E-state index in [4.69, 9.17) is 10.8 Å². The zero-order chi connectivity index (χ0) is 11.6. The zero-order valence-electron chi connectivity index (χ0n) is 9.42. The first-order chi connectivity index (χ1) is 6.89. The predicted molar refractivity (Wildman–Crippen MR) is 67.0 cm³/mol. The summed E-state index contributed by atoms with van der Waals surface area (Å²) >= 11 is 3.47. The normalized spacial score (nSPS) is 14.0. The smallest absolute Gasteiger partial charge is 0.0591 e. The Balaban J connectivity index is 3.10. The van der Waals surface area contributed by atoms with Gasteiger partial charge in [-0.25, -0.2) is 0 Å². The van der Waals surface area contributed by atoms with E-state index in [1.54, 1.807) is 0 Å². The van der Waals surface area contributed by atoms with Gasteiger partial charge in [-0.05, 0) is 24.1 Å². The number of hydrogen-bond donors (Lipinski definition) is 2. The van der Waals surface area contributed by atoms with Crippen LogP contribution >= 0.6 is 15.9 Å². The summed E-state index contributed by atoms with van der Waals surface area (Å²) in [6, 6.07) is 5.95. The molecule has 0 aliphatic rings. The molecule has 1 atom stereocenters. The van der Waals surface area contributed by atoms with Crippen LogP contribution in [0.5, 0.6) is 0 Å². The van der Waals surface area contributed by atoms with Crippen molar-refractivity contribution in [2.75, 3.05) is 6.61 Å². The van der Waals surface area contributed by atoms with Crippen LogP contribution in [0.4, 0.5) is 0 Å². The van der Waals surface area contributed by atoms with Gasteiger partial charge in [0.2, 0.25) is 0 Å². The molecule has 0 saturated heterocycles. The highest BCUT2D eigenvalue weighted by Gasteiger charge is 2.28. The maximum atomic E-state index is 9.12. The van der Waals surface area contributed by atoms with Crippen LogP contribution in [0.15, 0.2) is 22.7 Å². The largest absolute Gasteiger partial charge is 0.395 e. The topological polar surface area (TPSA) is 46.2 Å². The summed E-state index contributed by atoms with van der Waals surface area (Å²) in [5, 5.41) is 9.12. The SMILES string of the molecule is Cc1cc(C(C)(C)C(N)CO)ccc1Br. The van der Waals surface area contributed by atoms with Gasteiger partial charge >= 0.3 is 0 Å². The van der Waals surface area contributed by atoms with Gasteiger partial charge < -0.3 is 10.8 Å². The number of nitrogens with two attached hydrogens (primary N) is 1. The Hall–Kier alpha value is -0.380. The van der Waals surface area contributed by atoms with E-state index in [2.05, 4.69) is 35.8 Å². The molecule has 0 heterocycles. The van der Waals surface area contributed by atoms with Gasteiger partial charge in [0, 0.05) is 15.9 Å². The van der Waals surface area contributed by atoms with Crippen molar-refractivity contribution in [1.82, 2.24) is 0 Å². The van der Waals surface area contributed by atoms with Crippen molar-refractivity contribution in [3.8, 4) is 0 Å². The fraction of sp³-hybridized carbons (Fsp3) is 0.500. The third-order valence-electron chi connectivity index (χ3n) is 3.03. The van der Waals surface area contributed by atoms with Crippen LogP contribution < -0.4 is 5.73 Å². The van der Waals surface area contributed by atoms with Crippen molar-refractivity contribution in [2.45, 2.75) is 32.2 Å². The Labute approximate surface area is 99.6 Å². The van der Waals surface area contributed by atoms with Crippen molar-refractivity contribution < 1.29 is 5.11 Å². The van der Waals surface area contributed by atoms with E-state index in [-0.39, 0.29) is 18.1 Å². The molecular formula is C12H18BrNO. The zero-order valence-corrected chi connectivity index (χ0v) is 11.0. The Kier molecular flexibility index (Phi) is 3.93. The lowest BCUT2D eigenvalue weighted by Gasteiger charge is -2.31. The summed E-state index contributed by atoms with van der Waals surface area (Å²) in [6.07, 6.45) is 0. The van der Waals surface area contributed by atoms with E-state index >= 15 is 0 Å². The molecule has 0 fully saturated rings. The quantitative estimate of drug-likeness (QED) is 0.887. The molecule has 0 amide bonds. The number of rotatable bonds is 3. The monoisotopic (exact) mass is 271 g/mol. The highest BCUT2D eigenvalue weighted by Crippen LogP contribution is 2.29. The minimum Gasteiger partial charge on any atom is -0.395 e. The third-order valence-corrected chi connectivity index (χ3v) is 3.92. The van der Waals surface area contributed by atoms with Crippen LogP contribution in [0.3, 0.4) is 0 Å². The van der Waals surface area contributed by atoms with Gasteiger partial charge in [0.15, 0.2) is 0 Å². The lowest BCUT2D eigenvalue weighted by atomic mass is 9.78. The number of aryl methyl sites for hydroxylation is 1. The van der Waals surface area contributed by atoms with Crippen LogP contribution in [0.2, 0.25) is 0 Å². The minimum atomic E-state index is -0.238. The molecule has 0 spiro atoms. The standard InChI is InChI=1S/C12H18BrNO/c1-8-6-9(4-5-10(8)13)12(2,3)11(14)7-15/h4-6,11,15H,7,14H2,1-3H3. The van der Waals surface area contributed by atoms with Crippen LogP contribution in [0, 0.1) is 6.92 Å². The lowest BCUT2D eigenvalue weighted by molar-refractivity contribution is 0.220. The molecule has 0 saturated carbocycles. The van der Waals surface area contributed by atoms with Crippen molar-refractivity contribution in [3.63, 3.8) is 0 Å². The Morgan fingerprint density at radius 1 is 1.47 bits per heavy atom. The van der Waals surface area contributed by atoms with Crippen molar-refractivity contribution >= 4 is 15.9 Å². The highest BCUT2D eigenvalue weighted by molar-refractivity contribution is 9.10. The maximum absolute atomic E-state index is 9.12. The molecule has 3 N–H and O–H groups in total. The van der Waals surface area contributed by atoms with Crippen molar-refractivity contribution in [2.24, 2.45) is 5.73 Å². The summed E-state index contributed by atoms with van der Waals surface area (Å²) in [5.41, 5.74) is 8.04. The van der Waals surface area contributed by atoms with Crippen molar-refractivity contribution in [3.05, 3.63) is 33.8 Å². The van der Waals surface area contributed by atoms with Gasteiger partial charge in [0.05, 0.1) is 6.61 Å². The Morgan fingerprint density at radius 3 is 2.53 bits per heavy atom. The van der Waals surface area contributed by atoms with E-state index in [0.29, 0.717) is 0 Å². The van der Waals surface area contributed by atoms with E-state index in [9.17, 15) is 0 Å². The average molecular weight is 272 g/mol. The first kappa shape index (κ1) is 12.7. The van der Waals surface area contributed by atoms with Crippen LogP contribution in [0.1, 0.15) is 25.0 Å². The van der Waals surface area contributed by atoms with E-state index in [1.807, 2.05) is 19.1 Å². The second-order valence-corrected chi connectivity index (χ2v) is 5.33. The highest BCUT2D eigenvalue weighted by atomic mass is 79.9. The Bertz CT molecular complexity index is 349. The number of hydrogen-bond acceptors (Lipinski definition) is 2. The second-order valence-electron chi connectivity index (χ2n) is 4.47. The Morgan fingerprint density at radius 2 is 2.07 bits per heavy atom. The second kappa shape index (κ2) is 4.64. The first-order valence-corrected chi connectivity index (χ1v) is 5.82. The van der Waals surface area contributed by atoms with Gasteiger partial charge in [-0.2, -0.15) is 0 Å². The lowest BCUT2D eigenvalue weighted by Crippen LogP contribution is -2.43. The van der Waals surface area contributed by atoms with Gasteiger partial charge in [0.25, 0.3) is 0 Å². The molecular weight excluding hydrogens is 254 g/mol. The average Bonchev–Trinajstić information content (AvgIpc) is 2.20. The summed E-state index contributed by atoms with van der Waals surface area (Å²) in [5.74, 6) is 0. The van der Waals surface area contributed by atoms with E-state index in [0.717, 1.165) is 10.0 Å². The first-order valence-electron chi connectivity index (χ1n) is 5.02. The number of aliphatic hydroxyl groups is 1. The molecule has 3 heteroatoms. The molecule has 0 aliphatic heterocycles. The predicted octanol–water partition coefficient (Wildman–Crippen LogP) is 2.35. The molecule has 1 aromatic rings. The minimum absolute atomic E-state index is 0.00209. The molecule has 1 unspecified atom stereocenters. The van der Waals surface area contributed by atoms with Gasteiger partial charge in [-0.15, -0.1) is 0 Å². The number of halogens is 1. The van der Waals surface area contributed by atoms with Gasteiger partial charge in [-0.1, -0.05) is 41.9 Å². The molecule has 0 bridgehead atoms. The fourth-order valence-electron chi connectivity index (χ4n) is 1.49. The molecule has 15 heavy (non-hydrogen) atoms. The van der Waals surface area contributed by atoms with Gasteiger partial charge in [0.1, 0.15) is 0 Å². The molecule has 1 rings (SSSR count). The van der Waals surface area contributed by atoms with E-state index < -0.39 is 0 Å². The molecule has 2 nitrogen and oxygen atoms in total. The number of aliphatic hydroxyl groups excluding tert-OH is 1. The molecule has 0 aromatic heterocycles. The van der Waals surface area contributed by atoms with E-state index in [1.165, 1.54) is 5.56 Å².